The topological polar surface area (TPSA) is 135 Å². The Balaban J connectivity index is 1.17. The van der Waals surface area contributed by atoms with Crippen LogP contribution in [0, 0.1) is 50.7 Å². The van der Waals surface area contributed by atoms with Gasteiger partial charge in [-0.15, -0.1) is 0 Å². The van der Waals surface area contributed by atoms with E-state index in [4.69, 9.17) is 18.9 Å². The van der Waals surface area contributed by atoms with Gasteiger partial charge in [0.15, 0.2) is 12.4 Å². The van der Waals surface area contributed by atoms with E-state index in [0.717, 1.165) is 25.7 Å². The maximum absolute atomic E-state index is 17.6. The van der Waals surface area contributed by atoms with Crippen molar-refractivity contribution in [3.05, 3.63) is 0 Å². The first kappa shape index (κ1) is 35.5. The SMILES string of the molecule is CC(=O)OC([C@H]1C[C@@H](C)C2C(O1)C(F)(F)[C@@]1(C)[C@@H]3CC[C@H]4C(C)(C)[C@@H](OC5OC[C@@H](O)[C@H](O)[C@H]5O)CC[C@@]45C[C@@]35CC[C@]21C)C(C)(C)O. The Bertz CT molecular complexity index is 1300. The number of halogens is 2. The quantitative estimate of drug-likeness (QED) is 0.242. The Kier molecular flexibility index (Phi) is 7.97. The summed E-state index contributed by atoms with van der Waals surface area (Å²) in [5.74, 6) is -4.13. The zero-order valence-corrected chi connectivity index (χ0v) is 29.9. The van der Waals surface area contributed by atoms with Gasteiger partial charge in [-0.3, -0.25) is 4.79 Å². The Morgan fingerprint density at radius 3 is 2.25 bits per heavy atom. The minimum Gasteiger partial charge on any atom is -0.457 e. The Labute approximate surface area is 283 Å². The lowest BCUT2D eigenvalue weighted by Gasteiger charge is -2.63. The predicted octanol–water partition coefficient (Wildman–Crippen LogP) is 4.60. The number of alkyl halides is 2. The Hall–Kier alpha value is -0.950. The molecule has 0 aromatic rings. The van der Waals surface area contributed by atoms with Crippen LogP contribution in [0.15, 0.2) is 0 Å². The molecule has 11 heteroatoms. The zero-order valence-electron chi connectivity index (χ0n) is 29.9. The molecule has 0 bridgehead atoms. The standard InChI is InChI=1S/C37H58F2O9/c1-18-15-21(28(32(5,6)44)46-19(2)40)47-29-25(18)33(7)13-14-36-17-35(36)12-11-24(48-30-27(43)26(42)20(41)16-45-30)31(3,4)22(35)9-10-23(36)34(33,8)37(29,38)39/h18,20-30,41-44H,9-17H2,1-8H3/t18-,20-,21-,22+,23+,24+,25?,26+,27-,28?,29?,30?,33-,34+,35-,36+/m1/s1. The number of carbonyl (C=O) groups excluding carboxylic acids is 1. The molecule has 2 heterocycles. The lowest BCUT2D eigenvalue weighted by Crippen LogP contribution is -2.62. The molecule has 0 aromatic heterocycles. The van der Waals surface area contributed by atoms with Crippen LogP contribution in [0.5, 0.6) is 0 Å². The van der Waals surface area contributed by atoms with Gasteiger partial charge in [-0.05, 0) is 111 Å². The lowest BCUT2D eigenvalue weighted by atomic mass is 9.41. The smallest absolute Gasteiger partial charge is 0.303 e. The van der Waals surface area contributed by atoms with E-state index in [1.165, 1.54) is 20.8 Å². The molecule has 4 unspecified atom stereocenters. The van der Waals surface area contributed by atoms with Crippen molar-refractivity contribution < 1.29 is 52.9 Å². The second-order valence-corrected chi connectivity index (χ2v) is 18.7. The molecule has 0 radical (unpaired) electrons. The average molecular weight is 685 g/mol. The highest BCUT2D eigenvalue weighted by Gasteiger charge is 2.88. The molecule has 274 valence electrons. The molecule has 7 rings (SSSR count). The first-order chi connectivity index (χ1) is 22.1. The van der Waals surface area contributed by atoms with Crippen molar-refractivity contribution in [2.45, 2.75) is 167 Å². The summed E-state index contributed by atoms with van der Waals surface area (Å²) < 4.78 is 59.1. The van der Waals surface area contributed by atoms with Gasteiger partial charge in [0.25, 0.3) is 5.92 Å². The summed E-state index contributed by atoms with van der Waals surface area (Å²) in [5.41, 5.74) is -3.99. The molecule has 2 aliphatic heterocycles. The molecular weight excluding hydrogens is 626 g/mol. The van der Waals surface area contributed by atoms with Crippen molar-refractivity contribution in [1.29, 1.82) is 0 Å². The van der Waals surface area contributed by atoms with Crippen molar-refractivity contribution in [3.8, 4) is 0 Å². The van der Waals surface area contributed by atoms with Crippen molar-refractivity contribution in [2.24, 2.45) is 50.7 Å². The number of aliphatic hydroxyl groups is 4. The van der Waals surface area contributed by atoms with E-state index in [1.54, 1.807) is 0 Å². The lowest BCUT2D eigenvalue weighted by molar-refractivity contribution is -0.304. The second kappa shape index (κ2) is 10.8. The van der Waals surface area contributed by atoms with E-state index in [0.29, 0.717) is 25.7 Å². The van der Waals surface area contributed by atoms with Gasteiger partial charge < -0.3 is 39.4 Å². The van der Waals surface area contributed by atoms with E-state index in [2.05, 4.69) is 20.8 Å². The van der Waals surface area contributed by atoms with Crippen molar-refractivity contribution in [3.63, 3.8) is 0 Å². The van der Waals surface area contributed by atoms with E-state index in [-0.39, 0.29) is 52.6 Å². The van der Waals surface area contributed by atoms with Gasteiger partial charge in [0.1, 0.15) is 24.4 Å². The van der Waals surface area contributed by atoms with Crippen molar-refractivity contribution in [1.82, 2.24) is 0 Å². The third-order valence-corrected chi connectivity index (χ3v) is 15.9. The van der Waals surface area contributed by atoms with E-state index in [1.807, 2.05) is 13.8 Å². The molecule has 7 aliphatic rings. The minimum absolute atomic E-state index is 0.0639. The van der Waals surface area contributed by atoms with Gasteiger partial charge in [-0.1, -0.05) is 34.6 Å². The molecule has 16 atom stereocenters. The first-order valence-corrected chi connectivity index (χ1v) is 18.3. The minimum atomic E-state index is -3.13. The fourth-order valence-electron chi connectivity index (χ4n) is 13.6. The predicted molar refractivity (Wildman–Crippen MR) is 170 cm³/mol. The van der Waals surface area contributed by atoms with Crippen molar-refractivity contribution in [2.75, 3.05) is 6.61 Å². The Morgan fingerprint density at radius 2 is 1.60 bits per heavy atom. The highest BCUT2D eigenvalue weighted by molar-refractivity contribution is 5.66. The monoisotopic (exact) mass is 684 g/mol. The molecule has 48 heavy (non-hydrogen) atoms. The highest BCUT2D eigenvalue weighted by Crippen LogP contribution is 2.90. The molecule has 2 spiro atoms. The maximum atomic E-state index is 17.6. The summed E-state index contributed by atoms with van der Waals surface area (Å²) in [6, 6.07) is 0. The van der Waals surface area contributed by atoms with Gasteiger partial charge in [0.2, 0.25) is 0 Å². The molecule has 5 saturated carbocycles. The van der Waals surface area contributed by atoms with Crippen LogP contribution in [0.1, 0.15) is 107 Å². The van der Waals surface area contributed by atoms with Gasteiger partial charge in [-0.25, -0.2) is 8.78 Å². The molecule has 0 amide bonds. The number of ether oxygens (including phenoxy) is 4. The van der Waals surface area contributed by atoms with Crippen molar-refractivity contribution >= 4 is 5.97 Å². The Morgan fingerprint density at radius 1 is 0.958 bits per heavy atom. The van der Waals surface area contributed by atoms with Crippen LogP contribution in [0.4, 0.5) is 8.78 Å². The summed E-state index contributed by atoms with van der Waals surface area (Å²) in [5, 5.41) is 41.7. The largest absolute Gasteiger partial charge is 0.457 e. The molecule has 2 saturated heterocycles. The summed E-state index contributed by atoms with van der Waals surface area (Å²) in [6.45, 7) is 14.6. The van der Waals surface area contributed by atoms with Gasteiger partial charge in [-0.2, -0.15) is 0 Å². The molecule has 0 aromatic carbocycles. The number of hydrogen-bond donors (Lipinski definition) is 4. The normalized spacial score (nSPS) is 54.1. The molecular formula is C37H58F2O9. The zero-order chi connectivity index (χ0) is 35.2. The number of fused-ring (bicyclic) bond motifs is 4. The van der Waals surface area contributed by atoms with Crippen LogP contribution >= 0.6 is 0 Å². The third-order valence-electron chi connectivity index (χ3n) is 15.9. The fraction of sp³-hybridized carbons (Fsp3) is 0.973. The maximum Gasteiger partial charge on any atom is 0.303 e. The molecule has 5 aliphatic carbocycles. The van der Waals surface area contributed by atoms with Gasteiger partial charge in [0.05, 0.1) is 24.4 Å². The summed E-state index contributed by atoms with van der Waals surface area (Å²) in [6.07, 6.45) is -2.37. The summed E-state index contributed by atoms with van der Waals surface area (Å²) >= 11 is 0. The van der Waals surface area contributed by atoms with Gasteiger partial charge in [0, 0.05) is 12.3 Å². The average Bonchev–Trinajstić information content (AvgIpc) is 3.62. The number of aliphatic hydroxyl groups excluding tert-OH is 3. The number of rotatable bonds is 5. The number of carbonyl (C=O) groups is 1. The molecule has 7 fully saturated rings. The molecule has 4 N–H and O–H groups in total. The van der Waals surface area contributed by atoms with Crippen LogP contribution in [-0.4, -0.2) is 93.5 Å². The number of hydrogen-bond acceptors (Lipinski definition) is 9. The van der Waals surface area contributed by atoms with Crippen LogP contribution in [0.25, 0.3) is 0 Å². The highest BCUT2D eigenvalue weighted by atomic mass is 19.3. The summed E-state index contributed by atoms with van der Waals surface area (Å²) in [4.78, 5) is 12.0. The van der Waals surface area contributed by atoms with E-state index in [9.17, 15) is 25.2 Å². The molecule has 9 nitrogen and oxygen atoms in total. The van der Waals surface area contributed by atoms with Crippen LogP contribution in [-0.2, 0) is 23.7 Å². The van der Waals surface area contributed by atoms with E-state index < -0.39 is 71.2 Å². The van der Waals surface area contributed by atoms with Crippen LogP contribution in [0.3, 0.4) is 0 Å². The second-order valence-electron chi connectivity index (χ2n) is 18.7. The summed E-state index contributed by atoms with van der Waals surface area (Å²) in [7, 11) is 0. The van der Waals surface area contributed by atoms with E-state index >= 15 is 8.78 Å². The van der Waals surface area contributed by atoms with Crippen LogP contribution in [0.2, 0.25) is 0 Å². The third kappa shape index (κ3) is 4.39. The fourth-order valence-corrected chi connectivity index (χ4v) is 13.6. The van der Waals surface area contributed by atoms with Gasteiger partial charge >= 0.3 is 5.97 Å². The van der Waals surface area contributed by atoms with Crippen LogP contribution < -0.4 is 0 Å². The number of esters is 1. The first-order valence-electron chi connectivity index (χ1n) is 18.3.